The molecule has 0 aliphatic rings. The molecule has 0 atom stereocenters. The van der Waals surface area contributed by atoms with Gasteiger partial charge < -0.3 is 16.9 Å². The van der Waals surface area contributed by atoms with Crippen LogP contribution < -0.4 is 22.3 Å². The molecule has 0 aliphatic carbocycles. The zero-order valence-corrected chi connectivity index (χ0v) is 20.7. The number of nitrogens with zero attached hydrogens (tertiary/aromatic N) is 4. The quantitative estimate of drug-likeness (QED) is 0.172. The van der Waals surface area contributed by atoms with Crippen molar-refractivity contribution in [1.29, 1.82) is 0 Å². The lowest BCUT2D eigenvalue weighted by molar-refractivity contribution is 0.0781. The van der Waals surface area contributed by atoms with Crippen LogP contribution in [-0.4, -0.2) is 25.8 Å². The molecule has 0 radical (unpaired) electrons. The van der Waals surface area contributed by atoms with E-state index in [9.17, 15) is 4.79 Å². The summed E-state index contributed by atoms with van der Waals surface area (Å²) in [5.41, 5.74) is 22.9. The van der Waals surface area contributed by atoms with Gasteiger partial charge in [0.2, 0.25) is 0 Å². The molecule has 0 fully saturated rings. The monoisotopic (exact) mass is 504 g/mol. The number of carbonyl (C=O) groups excluding carboxylic acids is 1. The van der Waals surface area contributed by atoms with E-state index in [1.807, 2.05) is 84.9 Å². The van der Waals surface area contributed by atoms with Gasteiger partial charge in [0.05, 0.1) is 13.1 Å². The summed E-state index contributed by atoms with van der Waals surface area (Å²) in [5.74, 6) is 0.691. The first-order valence-corrected chi connectivity index (χ1v) is 12.1. The largest absolute Gasteiger partial charge is 0.399 e. The predicted octanol–water partition coefficient (Wildman–Crippen LogP) is 4.52. The van der Waals surface area contributed by atoms with Crippen LogP contribution in [0.4, 0.5) is 17.3 Å². The second-order valence-corrected chi connectivity index (χ2v) is 8.74. The van der Waals surface area contributed by atoms with Gasteiger partial charge in [-0.15, -0.1) is 10.2 Å². The first-order chi connectivity index (χ1) is 18.6. The molecule has 0 saturated heterocycles. The van der Waals surface area contributed by atoms with E-state index in [2.05, 4.69) is 21.0 Å². The molecule has 0 aliphatic heterocycles. The summed E-state index contributed by atoms with van der Waals surface area (Å²) in [6.07, 6.45) is 0. The fourth-order valence-electron chi connectivity index (χ4n) is 3.92. The maximum absolute atomic E-state index is 13.6. The van der Waals surface area contributed by atoms with Crippen LogP contribution in [0.25, 0.3) is 11.4 Å². The fraction of sp³-hybridized carbons (Fsp3) is 0.0690. The fourth-order valence-corrected chi connectivity index (χ4v) is 3.92. The predicted molar refractivity (Wildman–Crippen MR) is 150 cm³/mol. The van der Waals surface area contributed by atoms with Gasteiger partial charge in [-0.1, -0.05) is 60.7 Å². The van der Waals surface area contributed by atoms with Crippen molar-refractivity contribution in [2.75, 3.05) is 22.3 Å². The van der Waals surface area contributed by atoms with Crippen molar-refractivity contribution < 1.29 is 4.79 Å². The number of rotatable bonds is 9. The molecule has 0 spiro atoms. The van der Waals surface area contributed by atoms with Crippen LogP contribution in [0, 0.1) is 0 Å². The number of nitrogens with two attached hydrogens (primary N) is 2. The van der Waals surface area contributed by atoms with Crippen LogP contribution in [0.2, 0.25) is 0 Å². The molecule has 5 aromatic rings. The van der Waals surface area contributed by atoms with Gasteiger partial charge in [-0.2, -0.15) is 0 Å². The average Bonchev–Trinajstić information content (AvgIpc) is 3.35. The molecule has 38 heavy (non-hydrogen) atoms. The van der Waals surface area contributed by atoms with Gasteiger partial charge in [0.1, 0.15) is 0 Å². The Bertz CT molecular complexity index is 1480. The number of carbonyl (C=O) groups is 1. The summed E-state index contributed by atoms with van der Waals surface area (Å²) in [6.45, 7) is 0.812. The van der Waals surface area contributed by atoms with Crippen molar-refractivity contribution in [2.45, 2.75) is 13.1 Å². The van der Waals surface area contributed by atoms with E-state index in [1.165, 1.54) is 5.01 Å². The van der Waals surface area contributed by atoms with Gasteiger partial charge in [0.25, 0.3) is 11.9 Å². The lowest BCUT2D eigenvalue weighted by Crippen LogP contribution is -2.37. The third-order valence-electron chi connectivity index (χ3n) is 5.94. The Hall–Kier alpha value is -5.31. The van der Waals surface area contributed by atoms with Gasteiger partial charge in [0, 0.05) is 22.5 Å². The van der Waals surface area contributed by atoms with Crippen LogP contribution in [-0.2, 0) is 13.1 Å². The first kappa shape index (κ1) is 24.4. The van der Waals surface area contributed by atoms with E-state index >= 15 is 0 Å². The van der Waals surface area contributed by atoms with E-state index in [-0.39, 0.29) is 5.91 Å². The second kappa shape index (κ2) is 11.2. The molecule has 9 nitrogen and oxygen atoms in total. The van der Waals surface area contributed by atoms with Crippen molar-refractivity contribution in [1.82, 2.24) is 19.9 Å². The van der Waals surface area contributed by atoms with Gasteiger partial charge in [-0.3, -0.25) is 10.2 Å². The van der Waals surface area contributed by atoms with Crippen LogP contribution in [0.15, 0.2) is 109 Å². The molecule has 0 saturated carbocycles. The summed E-state index contributed by atoms with van der Waals surface area (Å²) in [7, 11) is 0. The van der Waals surface area contributed by atoms with Crippen molar-refractivity contribution in [2.24, 2.45) is 0 Å². The Morgan fingerprint density at radius 3 is 1.95 bits per heavy atom. The number of hydrazine groups is 1. The van der Waals surface area contributed by atoms with Gasteiger partial charge in [0.15, 0.2) is 5.82 Å². The summed E-state index contributed by atoms with van der Waals surface area (Å²) >= 11 is 0. The Kier molecular flexibility index (Phi) is 7.17. The van der Waals surface area contributed by atoms with Gasteiger partial charge >= 0.3 is 0 Å². The maximum atomic E-state index is 13.6. The van der Waals surface area contributed by atoms with E-state index in [0.717, 1.165) is 16.7 Å². The van der Waals surface area contributed by atoms with Crippen molar-refractivity contribution in [3.05, 3.63) is 126 Å². The number of nitrogen functional groups attached to an aromatic ring is 2. The number of aromatic nitrogens is 3. The van der Waals surface area contributed by atoms with E-state index in [4.69, 9.17) is 11.5 Å². The lowest BCUT2D eigenvalue weighted by atomic mass is 10.1. The highest BCUT2D eigenvalue weighted by Gasteiger charge is 2.21. The molecule has 1 aromatic heterocycles. The third kappa shape index (κ3) is 5.73. The molecular formula is C29H28N8O. The number of nitrogens with one attached hydrogen (secondary N) is 2. The van der Waals surface area contributed by atoms with E-state index < -0.39 is 0 Å². The highest BCUT2D eigenvalue weighted by Crippen LogP contribution is 2.22. The number of hydrogen-bond donors (Lipinski definition) is 4. The number of amides is 1. The molecule has 9 heteroatoms. The highest BCUT2D eigenvalue weighted by atomic mass is 16.2. The molecule has 190 valence electrons. The molecule has 1 amide bonds. The molecule has 5 rings (SSSR count). The van der Waals surface area contributed by atoms with Crippen LogP contribution in [0.1, 0.15) is 21.5 Å². The topological polar surface area (TPSA) is 127 Å². The Labute approximate surface area is 220 Å². The third-order valence-corrected chi connectivity index (χ3v) is 5.94. The summed E-state index contributed by atoms with van der Waals surface area (Å²) in [4.78, 5) is 13.6. The number of benzene rings is 4. The van der Waals surface area contributed by atoms with Gasteiger partial charge in [-0.25, -0.2) is 9.69 Å². The minimum atomic E-state index is -0.236. The summed E-state index contributed by atoms with van der Waals surface area (Å²) in [5, 5.41) is 10.3. The normalized spacial score (nSPS) is 10.6. The molecule has 0 unspecified atom stereocenters. The highest BCUT2D eigenvalue weighted by molar-refractivity contribution is 5.95. The standard InChI is InChI=1S/C29H28N8O/c30-25-15-11-23(12-16-25)27-33-34-29(37(27)32-19-21-7-3-1-4-8-21)35-36(20-22-9-5-2-6-10-22)28(38)24-13-17-26(31)18-14-24/h1-18,32H,19-20,30-31H2,(H,34,35). The Morgan fingerprint density at radius 1 is 0.737 bits per heavy atom. The van der Waals surface area contributed by atoms with Crippen LogP contribution >= 0.6 is 0 Å². The number of hydrogen-bond acceptors (Lipinski definition) is 7. The summed E-state index contributed by atoms with van der Waals surface area (Å²) in [6, 6.07) is 33.9. The van der Waals surface area contributed by atoms with Crippen LogP contribution in [0.3, 0.4) is 0 Å². The SMILES string of the molecule is Nc1ccc(C(=O)N(Cc2ccccc2)Nc2nnc(-c3ccc(N)cc3)n2NCc2ccccc2)cc1. The van der Waals surface area contributed by atoms with E-state index in [1.54, 1.807) is 28.9 Å². The van der Waals surface area contributed by atoms with Crippen molar-refractivity contribution in [3.63, 3.8) is 0 Å². The first-order valence-electron chi connectivity index (χ1n) is 12.1. The van der Waals surface area contributed by atoms with Crippen molar-refractivity contribution >= 4 is 23.2 Å². The second-order valence-electron chi connectivity index (χ2n) is 8.74. The smallest absolute Gasteiger partial charge is 0.272 e. The molecule has 4 aromatic carbocycles. The molecule has 1 heterocycles. The minimum Gasteiger partial charge on any atom is -0.399 e. The Morgan fingerprint density at radius 2 is 1.32 bits per heavy atom. The zero-order chi connectivity index (χ0) is 26.3. The molecule has 6 N–H and O–H groups in total. The van der Waals surface area contributed by atoms with E-state index in [0.29, 0.717) is 41.8 Å². The van der Waals surface area contributed by atoms with Gasteiger partial charge in [-0.05, 0) is 59.7 Å². The summed E-state index contributed by atoms with van der Waals surface area (Å²) < 4.78 is 1.74. The maximum Gasteiger partial charge on any atom is 0.272 e. The zero-order valence-electron chi connectivity index (χ0n) is 20.7. The number of anilines is 3. The molecular weight excluding hydrogens is 476 g/mol. The van der Waals surface area contributed by atoms with Crippen molar-refractivity contribution in [3.8, 4) is 11.4 Å². The minimum absolute atomic E-state index is 0.236. The van der Waals surface area contributed by atoms with Crippen LogP contribution in [0.5, 0.6) is 0 Å². The Balaban J connectivity index is 1.50. The molecule has 0 bridgehead atoms. The average molecular weight is 505 g/mol. The lowest BCUT2D eigenvalue weighted by Gasteiger charge is -2.25.